The van der Waals surface area contributed by atoms with Crippen LogP contribution in [0.4, 0.5) is 0 Å². The van der Waals surface area contributed by atoms with E-state index in [0.29, 0.717) is 6.54 Å². The van der Waals surface area contributed by atoms with Gasteiger partial charge in [-0.2, -0.15) is 0 Å². The van der Waals surface area contributed by atoms with E-state index in [-0.39, 0.29) is 43.0 Å². The standard InChI is InChI=1S/C14H18N2O3/c1-2-15-12(17)7-8-16-13(18)9-11(14(16)19)10-5-3-4-6-10/h3-5,11H,2,6-9H2,1H3,(H,15,17). The number of nitrogens with zero attached hydrogens (tertiary/aromatic N) is 1. The predicted octanol–water partition coefficient (Wildman–Crippen LogP) is 0.774. The third-order valence-corrected chi connectivity index (χ3v) is 3.43. The van der Waals surface area contributed by atoms with Gasteiger partial charge in [0.05, 0.1) is 5.92 Å². The molecular formula is C14H18N2O3. The van der Waals surface area contributed by atoms with Gasteiger partial charge in [-0.05, 0) is 13.3 Å². The first kappa shape index (κ1) is 13.5. The number of hydrogen-bond acceptors (Lipinski definition) is 3. The molecule has 0 aromatic carbocycles. The Morgan fingerprint density at radius 2 is 2.26 bits per heavy atom. The normalized spacial score (nSPS) is 22.1. The highest BCUT2D eigenvalue weighted by Crippen LogP contribution is 2.30. The second-order valence-corrected chi connectivity index (χ2v) is 4.72. The molecule has 2 aliphatic rings. The molecule has 1 heterocycles. The Kier molecular flexibility index (Phi) is 4.14. The molecule has 1 saturated heterocycles. The van der Waals surface area contributed by atoms with Gasteiger partial charge in [-0.3, -0.25) is 19.3 Å². The molecule has 3 amide bonds. The van der Waals surface area contributed by atoms with E-state index in [4.69, 9.17) is 0 Å². The number of likely N-dealkylation sites (tertiary alicyclic amines) is 1. The average Bonchev–Trinajstić information content (AvgIpc) is 2.97. The Hall–Kier alpha value is -1.91. The quantitative estimate of drug-likeness (QED) is 0.744. The van der Waals surface area contributed by atoms with Crippen LogP contribution >= 0.6 is 0 Å². The first-order chi connectivity index (χ1) is 9.13. The maximum atomic E-state index is 12.2. The van der Waals surface area contributed by atoms with Crippen LogP contribution in [0.1, 0.15) is 26.2 Å². The van der Waals surface area contributed by atoms with Crippen LogP contribution in [0.5, 0.6) is 0 Å². The topological polar surface area (TPSA) is 66.5 Å². The van der Waals surface area contributed by atoms with Crippen molar-refractivity contribution in [3.05, 3.63) is 23.8 Å². The zero-order chi connectivity index (χ0) is 13.8. The van der Waals surface area contributed by atoms with Crippen molar-refractivity contribution < 1.29 is 14.4 Å². The summed E-state index contributed by atoms with van der Waals surface area (Å²) < 4.78 is 0. The van der Waals surface area contributed by atoms with E-state index in [1.807, 2.05) is 25.2 Å². The van der Waals surface area contributed by atoms with Gasteiger partial charge in [-0.15, -0.1) is 0 Å². The molecule has 0 radical (unpaired) electrons. The zero-order valence-corrected chi connectivity index (χ0v) is 11.0. The van der Waals surface area contributed by atoms with Crippen molar-refractivity contribution in [2.75, 3.05) is 13.1 Å². The summed E-state index contributed by atoms with van der Waals surface area (Å²) in [6.07, 6.45) is 6.95. The molecule has 0 aromatic heterocycles. The molecule has 1 aliphatic heterocycles. The molecule has 0 spiro atoms. The van der Waals surface area contributed by atoms with Crippen LogP contribution in [0, 0.1) is 5.92 Å². The minimum absolute atomic E-state index is 0.131. The monoisotopic (exact) mass is 262 g/mol. The second kappa shape index (κ2) is 5.82. The summed E-state index contributed by atoms with van der Waals surface area (Å²) in [6, 6.07) is 0. The van der Waals surface area contributed by atoms with Gasteiger partial charge in [0.15, 0.2) is 0 Å². The number of imide groups is 1. The summed E-state index contributed by atoms with van der Waals surface area (Å²) in [6.45, 7) is 2.57. The van der Waals surface area contributed by atoms with Crippen LogP contribution in [0.15, 0.2) is 23.8 Å². The third-order valence-electron chi connectivity index (χ3n) is 3.43. The van der Waals surface area contributed by atoms with Crippen molar-refractivity contribution >= 4 is 17.7 Å². The molecule has 19 heavy (non-hydrogen) atoms. The summed E-state index contributed by atoms with van der Waals surface area (Å²) in [5.74, 6) is -0.790. The van der Waals surface area contributed by atoms with Crippen molar-refractivity contribution in [2.45, 2.75) is 26.2 Å². The Bertz CT molecular complexity index is 465. The van der Waals surface area contributed by atoms with Crippen molar-refractivity contribution in [2.24, 2.45) is 5.92 Å². The lowest BCUT2D eigenvalue weighted by Crippen LogP contribution is -2.35. The molecule has 1 aliphatic carbocycles. The molecule has 102 valence electrons. The fourth-order valence-corrected chi connectivity index (χ4v) is 2.43. The SMILES string of the molecule is CCNC(=O)CCN1C(=O)CC(C2=CC=CC2)C1=O. The molecule has 1 N–H and O–H groups in total. The van der Waals surface area contributed by atoms with Crippen LogP contribution in [-0.2, 0) is 14.4 Å². The first-order valence-electron chi connectivity index (χ1n) is 6.60. The van der Waals surface area contributed by atoms with Gasteiger partial charge >= 0.3 is 0 Å². The Morgan fingerprint density at radius 1 is 1.47 bits per heavy atom. The van der Waals surface area contributed by atoms with E-state index in [9.17, 15) is 14.4 Å². The molecule has 1 unspecified atom stereocenters. The third kappa shape index (κ3) is 2.92. The largest absolute Gasteiger partial charge is 0.356 e. The molecule has 0 saturated carbocycles. The van der Waals surface area contributed by atoms with Crippen LogP contribution < -0.4 is 5.32 Å². The second-order valence-electron chi connectivity index (χ2n) is 4.72. The maximum absolute atomic E-state index is 12.2. The number of nitrogens with one attached hydrogen (secondary N) is 1. The molecule has 5 heteroatoms. The number of hydrogen-bond donors (Lipinski definition) is 1. The molecule has 0 bridgehead atoms. The molecule has 0 aromatic rings. The minimum atomic E-state index is -0.322. The number of carbonyl (C=O) groups is 3. The summed E-state index contributed by atoms with van der Waals surface area (Å²) in [5.41, 5.74) is 0.999. The van der Waals surface area contributed by atoms with Crippen LogP contribution in [0.2, 0.25) is 0 Å². The van der Waals surface area contributed by atoms with Gasteiger partial charge in [0, 0.05) is 25.9 Å². The molecule has 1 fully saturated rings. The fourth-order valence-electron chi connectivity index (χ4n) is 2.43. The Labute approximate surface area is 112 Å². The zero-order valence-electron chi connectivity index (χ0n) is 11.0. The van der Waals surface area contributed by atoms with E-state index in [1.165, 1.54) is 4.90 Å². The van der Waals surface area contributed by atoms with E-state index in [1.54, 1.807) is 0 Å². The first-order valence-corrected chi connectivity index (χ1v) is 6.60. The lowest BCUT2D eigenvalue weighted by Gasteiger charge is -2.15. The highest BCUT2D eigenvalue weighted by molar-refractivity contribution is 6.05. The molecule has 2 rings (SSSR count). The van der Waals surface area contributed by atoms with Crippen LogP contribution in [0.25, 0.3) is 0 Å². The Balaban J connectivity index is 1.93. The Morgan fingerprint density at radius 3 is 2.89 bits per heavy atom. The van der Waals surface area contributed by atoms with Crippen LogP contribution in [-0.4, -0.2) is 35.7 Å². The van der Waals surface area contributed by atoms with Gasteiger partial charge < -0.3 is 5.32 Å². The average molecular weight is 262 g/mol. The lowest BCUT2D eigenvalue weighted by molar-refractivity contribution is -0.139. The maximum Gasteiger partial charge on any atom is 0.236 e. The summed E-state index contributed by atoms with van der Waals surface area (Å²) in [4.78, 5) is 36.6. The van der Waals surface area contributed by atoms with Gasteiger partial charge in [-0.25, -0.2) is 0 Å². The van der Waals surface area contributed by atoms with Gasteiger partial charge in [0.1, 0.15) is 0 Å². The smallest absolute Gasteiger partial charge is 0.236 e. The number of allylic oxidation sites excluding steroid dienone is 3. The fraction of sp³-hybridized carbons (Fsp3) is 0.500. The number of carbonyl (C=O) groups excluding carboxylic acids is 3. The van der Waals surface area contributed by atoms with Crippen molar-refractivity contribution in [1.29, 1.82) is 0 Å². The molecule has 1 atom stereocenters. The summed E-state index contributed by atoms with van der Waals surface area (Å²) in [5, 5.41) is 2.66. The van der Waals surface area contributed by atoms with Crippen molar-refractivity contribution in [3.63, 3.8) is 0 Å². The highest BCUT2D eigenvalue weighted by Gasteiger charge is 2.40. The number of amides is 3. The highest BCUT2D eigenvalue weighted by atomic mass is 16.2. The lowest BCUT2D eigenvalue weighted by atomic mass is 9.97. The number of rotatable bonds is 5. The minimum Gasteiger partial charge on any atom is -0.356 e. The molecular weight excluding hydrogens is 244 g/mol. The van der Waals surface area contributed by atoms with Gasteiger partial charge in [0.2, 0.25) is 17.7 Å². The van der Waals surface area contributed by atoms with E-state index in [2.05, 4.69) is 5.32 Å². The van der Waals surface area contributed by atoms with Gasteiger partial charge in [0.25, 0.3) is 0 Å². The van der Waals surface area contributed by atoms with E-state index >= 15 is 0 Å². The molecule has 5 nitrogen and oxygen atoms in total. The van der Waals surface area contributed by atoms with E-state index in [0.717, 1.165) is 12.0 Å². The summed E-state index contributed by atoms with van der Waals surface area (Å²) in [7, 11) is 0. The predicted molar refractivity (Wildman–Crippen MR) is 70.0 cm³/mol. The van der Waals surface area contributed by atoms with Crippen LogP contribution in [0.3, 0.4) is 0 Å². The van der Waals surface area contributed by atoms with Crippen molar-refractivity contribution in [3.8, 4) is 0 Å². The van der Waals surface area contributed by atoms with Gasteiger partial charge in [-0.1, -0.05) is 23.8 Å². The summed E-state index contributed by atoms with van der Waals surface area (Å²) >= 11 is 0. The van der Waals surface area contributed by atoms with E-state index < -0.39 is 0 Å². The van der Waals surface area contributed by atoms with Crippen molar-refractivity contribution in [1.82, 2.24) is 10.2 Å².